The van der Waals surface area contributed by atoms with Gasteiger partial charge in [-0.3, -0.25) is 0 Å². The van der Waals surface area contributed by atoms with Crippen LogP contribution in [0.1, 0.15) is 22.6 Å². The fourth-order valence-electron chi connectivity index (χ4n) is 8.11. The summed E-state index contributed by atoms with van der Waals surface area (Å²) >= 11 is 0.138. The van der Waals surface area contributed by atoms with Crippen molar-refractivity contribution >= 4 is 73.3 Å². The molecule has 0 saturated carbocycles. The Balaban J connectivity index is 1.15. The first-order chi connectivity index (χ1) is 25.3. The van der Waals surface area contributed by atoms with Gasteiger partial charge in [-0.1, -0.05) is 0 Å². The second-order valence-corrected chi connectivity index (χ2v) is 15.5. The van der Waals surface area contributed by atoms with Gasteiger partial charge in [-0.15, -0.1) is 0 Å². The zero-order chi connectivity index (χ0) is 33.7. The number of benzene rings is 9. The molecule has 0 fully saturated rings. The predicted molar refractivity (Wildman–Crippen MR) is 218 cm³/mol. The van der Waals surface area contributed by atoms with E-state index in [2.05, 4.69) is 199 Å². The van der Waals surface area contributed by atoms with Gasteiger partial charge in [-0.2, -0.15) is 0 Å². The summed E-state index contributed by atoms with van der Waals surface area (Å²) in [6.45, 7) is 0. The third-order valence-corrected chi connectivity index (χ3v) is 12.7. The Morgan fingerprint density at radius 2 is 1.00 bits per heavy atom. The van der Waals surface area contributed by atoms with Crippen molar-refractivity contribution in [2.24, 2.45) is 0 Å². The van der Waals surface area contributed by atoms with Crippen LogP contribution >= 0.6 is 0 Å². The molecule has 1 nitrogen and oxygen atoms in total. The maximum absolute atomic E-state index is 2.45. The van der Waals surface area contributed by atoms with Crippen LogP contribution in [0, 0.1) is 0 Å². The van der Waals surface area contributed by atoms with Crippen molar-refractivity contribution in [2.45, 2.75) is 5.92 Å². The summed E-state index contributed by atoms with van der Waals surface area (Å²) in [5.74, 6) is 0.109. The summed E-state index contributed by atoms with van der Waals surface area (Å²) in [7, 11) is 0. The van der Waals surface area contributed by atoms with E-state index in [4.69, 9.17) is 0 Å². The zero-order valence-electron chi connectivity index (χ0n) is 27.9. The SMILES string of the molecule is c1ccc(C(c2cccc3ccccc23)c2ccc3c4c(cccc24)[Se]c2cc(N(c4ccccc4)c4cccc5ccccc45)ccc2-3)cc1. The van der Waals surface area contributed by atoms with Crippen LogP contribution in [-0.4, -0.2) is 15.0 Å². The maximum atomic E-state index is 2.45. The molecule has 9 aromatic carbocycles. The fourth-order valence-corrected chi connectivity index (χ4v) is 10.6. The van der Waals surface area contributed by atoms with Gasteiger partial charge >= 0.3 is 306 Å². The van der Waals surface area contributed by atoms with E-state index in [1.165, 1.54) is 80.4 Å². The Labute approximate surface area is 304 Å². The molecule has 0 aromatic heterocycles. The van der Waals surface area contributed by atoms with Crippen LogP contribution in [0.4, 0.5) is 17.1 Å². The monoisotopic (exact) mass is 715 g/mol. The minimum atomic E-state index is 0.109. The van der Waals surface area contributed by atoms with Gasteiger partial charge in [-0.05, 0) is 0 Å². The van der Waals surface area contributed by atoms with Crippen LogP contribution in [0.25, 0.3) is 43.4 Å². The average Bonchev–Trinajstić information content (AvgIpc) is 3.20. The van der Waals surface area contributed by atoms with Crippen molar-refractivity contribution in [3.8, 4) is 11.1 Å². The molecule has 1 atom stereocenters. The van der Waals surface area contributed by atoms with Gasteiger partial charge in [0.15, 0.2) is 0 Å². The predicted octanol–water partition coefficient (Wildman–Crippen LogP) is 11.4. The third kappa shape index (κ3) is 5.07. The molecule has 1 aliphatic heterocycles. The molecule has 2 heteroatoms. The van der Waals surface area contributed by atoms with Crippen LogP contribution in [0.2, 0.25) is 0 Å². The number of rotatable bonds is 6. The number of fused-ring (bicyclic) bond motifs is 4. The summed E-state index contributed by atoms with van der Waals surface area (Å²) in [5, 5.41) is 7.83. The summed E-state index contributed by atoms with van der Waals surface area (Å²) in [4.78, 5) is 2.42. The average molecular weight is 715 g/mol. The van der Waals surface area contributed by atoms with Gasteiger partial charge in [0, 0.05) is 0 Å². The molecule has 240 valence electrons. The number of nitrogens with zero attached hydrogens (tertiary/aromatic N) is 1. The zero-order valence-corrected chi connectivity index (χ0v) is 29.6. The van der Waals surface area contributed by atoms with Crippen molar-refractivity contribution in [3.05, 3.63) is 211 Å². The first-order valence-corrected chi connectivity index (χ1v) is 19.3. The molecule has 0 spiro atoms. The molecule has 1 unspecified atom stereocenters. The van der Waals surface area contributed by atoms with E-state index in [1.807, 2.05) is 0 Å². The summed E-state index contributed by atoms with van der Waals surface area (Å²) < 4.78 is 2.87. The Morgan fingerprint density at radius 3 is 1.82 bits per heavy atom. The molecule has 1 aliphatic rings. The molecule has 0 N–H and O–H groups in total. The quantitative estimate of drug-likeness (QED) is 0.122. The van der Waals surface area contributed by atoms with Crippen molar-refractivity contribution in [1.29, 1.82) is 0 Å². The molecule has 51 heavy (non-hydrogen) atoms. The van der Waals surface area contributed by atoms with E-state index in [0.717, 1.165) is 5.69 Å². The van der Waals surface area contributed by atoms with Crippen molar-refractivity contribution in [2.75, 3.05) is 4.90 Å². The van der Waals surface area contributed by atoms with E-state index in [0.29, 0.717) is 0 Å². The van der Waals surface area contributed by atoms with Gasteiger partial charge in [0.05, 0.1) is 0 Å². The molecule has 9 aromatic rings. The normalized spacial score (nSPS) is 12.5. The number of hydrogen-bond donors (Lipinski definition) is 0. The fraction of sp³-hybridized carbons (Fsp3) is 0.0204. The Hall–Kier alpha value is -5.92. The summed E-state index contributed by atoms with van der Waals surface area (Å²) in [6.07, 6.45) is 0. The number of anilines is 3. The third-order valence-electron chi connectivity index (χ3n) is 10.4. The molecule has 10 rings (SSSR count). The van der Waals surface area contributed by atoms with Gasteiger partial charge in [-0.25, -0.2) is 0 Å². The van der Waals surface area contributed by atoms with Gasteiger partial charge in [0.2, 0.25) is 0 Å². The Kier molecular flexibility index (Phi) is 7.31. The second kappa shape index (κ2) is 12.4. The van der Waals surface area contributed by atoms with Crippen LogP contribution < -0.4 is 13.8 Å². The first-order valence-electron chi connectivity index (χ1n) is 17.6. The molecule has 1 heterocycles. The van der Waals surface area contributed by atoms with Crippen LogP contribution in [0.15, 0.2) is 194 Å². The van der Waals surface area contributed by atoms with E-state index in [9.17, 15) is 0 Å². The second-order valence-electron chi connectivity index (χ2n) is 13.2. The van der Waals surface area contributed by atoms with Crippen LogP contribution in [0.5, 0.6) is 0 Å². The molecule has 0 amide bonds. The minimum absolute atomic E-state index is 0.109. The van der Waals surface area contributed by atoms with Gasteiger partial charge in [0.1, 0.15) is 0 Å². The molecule has 0 bridgehead atoms. The van der Waals surface area contributed by atoms with Crippen LogP contribution in [0.3, 0.4) is 0 Å². The Morgan fingerprint density at radius 1 is 0.392 bits per heavy atom. The summed E-state index contributed by atoms with van der Waals surface area (Å²) in [5.41, 5.74) is 10.2. The molecule has 0 saturated heterocycles. The molecular weight excluding hydrogens is 682 g/mol. The van der Waals surface area contributed by atoms with E-state index in [1.54, 1.807) is 0 Å². The van der Waals surface area contributed by atoms with E-state index in [-0.39, 0.29) is 20.9 Å². The van der Waals surface area contributed by atoms with E-state index >= 15 is 0 Å². The number of hydrogen-bond acceptors (Lipinski definition) is 1. The van der Waals surface area contributed by atoms with Gasteiger partial charge < -0.3 is 0 Å². The molecule has 0 radical (unpaired) electrons. The van der Waals surface area contributed by atoms with Gasteiger partial charge in [0.25, 0.3) is 0 Å². The summed E-state index contributed by atoms with van der Waals surface area (Å²) in [6, 6.07) is 71.6. The Bertz CT molecular complexity index is 2720. The molecule has 0 aliphatic carbocycles. The molecular formula is C49H33NSe. The standard InChI is InChI=1S/C49H33NSe/c1-3-16-35(17-4-1)48(41-24-11-18-33-14-7-9-22-38(33)41)44-31-30-43-40-29-28-37(32-47(40)51-46-27-13-25-42(44)49(43)46)50(36-20-5-2-6-21-36)45-26-12-19-34-15-8-10-23-39(34)45/h1-32,48H. The number of para-hydroxylation sites is 1. The van der Waals surface area contributed by atoms with Crippen molar-refractivity contribution in [3.63, 3.8) is 0 Å². The van der Waals surface area contributed by atoms with E-state index < -0.39 is 0 Å². The van der Waals surface area contributed by atoms with Crippen LogP contribution in [-0.2, 0) is 0 Å². The van der Waals surface area contributed by atoms with Crippen molar-refractivity contribution < 1.29 is 0 Å². The van der Waals surface area contributed by atoms with Crippen molar-refractivity contribution in [1.82, 2.24) is 0 Å². The first kappa shape index (κ1) is 29.9. The topological polar surface area (TPSA) is 3.24 Å².